The molecule has 1 unspecified atom stereocenters. The Hall–Kier alpha value is -2.61. The molecule has 1 amide bonds. The maximum atomic E-state index is 12.3. The van der Waals surface area contributed by atoms with Crippen molar-refractivity contribution in [1.29, 1.82) is 0 Å². The first-order valence-corrected chi connectivity index (χ1v) is 8.59. The number of para-hydroxylation sites is 2. The van der Waals surface area contributed by atoms with Crippen molar-refractivity contribution in [2.75, 3.05) is 26.2 Å². The van der Waals surface area contributed by atoms with E-state index in [9.17, 15) is 4.79 Å². The quantitative estimate of drug-likeness (QED) is 0.852. The number of benzene rings is 1. The number of hydrogen-bond donors (Lipinski definition) is 2. The number of carbonyl (C=O) groups is 1. The van der Waals surface area contributed by atoms with Gasteiger partial charge in [-0.05, 0) is 38.1 Å². The lowest BCUT2D eigenvalue weighted by Gasteiger charge is -2.26. The smallest absolute Gasteiger partial charge is 0.273 e. The fourth-order valence-electron chi connectivity index (χ4n) is 3.09. The topological polar surface area (TPSA) is 90.3 Å². The van der Waals surface area contributed by atoms with Crippen molar-refractivity contribution in [3.05, 3.63) is 36.2 Å². The molecule has 1 fully saturated rings. The summed E-state index contributed by atoms with van der Waals surface area (Å²) in [6.07, 6.45) is 3.49. The lowest BCUT2D eigenvalue weighted by molar-refractivity contribution is 0.0786. The second-order valence-electron chi connectivity index (χ2n) is 6.27. The van der Waals surface area contributed by atoms with E-state index < -0.39 is 0 Å². The number of aromatic nitrogens is 3. The lowest BCUT2D eigenvalue weighted by atomic mass is 10.1. The van der Waals surface area contributed by atoms with Gasteiger partial charge in [0.05, 0.1) is 18.8 Å². The predicted octanol–water partition coefficient (Wildman–Crippen LogP) is 0.772. The number of carbonyl (C=O) groups excluding carboxylic acids is 1. The standard InChI is InChI=1S/C17H21N5O3/c23-17(14-10-22(21-20-14)12-5-7-18-8-6-12)19-9-13-11-24-15-3-1-2-4-16(15)25-13/h1-4,10,12-13,18H,5-9,11H2,(H,19,23). The van der Waals surface area contributed by atoms with E-state index in [0.717, 1.165) is 31.7 Å². The Kier molecular flexibility index (Phi) is 4.51. The normalized spacial score (nSPS) is 20.2. The first-order chi connectivity index (χ1) is 12.3. The van der Waals surface area contributed by atoms with Crippen molar-refractivity contribution in [2.24, 2.45) is 0 Å². The Labute approximate surface area is 145 Å². The van der Waals surface area contributed by atoms with Gasteiger partial charge in [-0.25, -0.2) is 4.68 Å². The van der Waals surface area contributed by atoms with Crippen LogP contribution in [0.2, 0.25) is 0 Å². The summed E-state index contributed by atoms with van der Waals surface area (Å²) >= 11 is 0. The van der Waals surface area contributed by atoms with E-state index in [4.69, 9.17) is 9.47 Å². The molecule has 0 aliphatic carbocycles. The van der Waals surface area contributed by atoms with Gasteiger partial charge in [-0.15, -0.1) is 5.10 Å². The monoisotopic (exact) mass is 343 g/mol. The fourth-order valence-corrected chi connectivity index (χ4v) is 3.09. The Morgan fingerprint density at radius 1 is 1.28 bits per heavy atom. The van der Waals surface area contributed by atoms with Gasteiger partial charge in [0.2, 0.25) is 0 Å². The third kappa shape index (κ3) is 3.58. The van der Waals surface area contributed by atoms with E-state index in [2.05, 4.69) is 20.9 Å². The van der Waals surface area contributed by atoms with Crippen molar-refractivity contribution in [3.63, 3.8) is 0 Å². The molecular weight excluding hydrogens is 322 g/mol. The number of fused-ring (bicyclic) bond motifs is 1. The van der Waals surface area contributed by atoms with Crippen LogP contribution in [0.1, 0.15) is 29.4 Å². The minimum Gasteiger partial charge on any atom is -0.486 e. The van der Waals surface area contributed by atoms with Crippen molar-refractivity contribution in [1.82, 2.24) is 25.6 Å². The molecule has 1 aromatic carbocycles. The van der Waals surface area contributed by atoms with Crippen LogP contribution in [0.25, 0.3) is 0 Å². The first kappa shape index (κ1) is 15.9. The Morgan fingerprint density at radius 3 is 2.92 bits per heavy atom. The van der Waals surface area contributed by atoms with Crippen LogP contribution in [-0.2, 0) is 0 Å². The van der Waals surface area contributed by atoms with Gasteiger partial charge in [-0.3, -0.25) is 4.79 Å². The average molecular weight is 343 g/mol. The van der Waals surface area contributed by atoms with Gasteiger partial charge >= 0.3 is 0 Å². The van der Waals surface area contributed by atoms with Gasteiger partial charge in [-0.1, -0.05) is 17.3 Å². The van der Waals surface area contributed by atoms with Crippen LogP contribution in [0.15, 0.2) is 30.5 Å². The van der Waals surface area contributed by atoms with E-state index in [1.807, 2.05) is 24.3 Å². The highest BCUT2D eigenvalue weighted by atomic mass is 16.6. The third-order valence-electron chi connectivity index (χ3n) is 4.48. The van der Waals surface area contributed by atoms with Gasteiger partial charge in [0.1, 0.15) is 12.7 Å². The summed E-state index contributed by atoms with van der Waals surface area (Å²) in [5.74, 6) is 1.18. The van der Waals surface area contributed by atoms with Crippen LogP contribution in [0, 0.1) is 0 Å². The fraction of sp³-hybridized carbons (Fsp3) is 0.471. The molecule has 0 spiro atoms. The molecule has 1 aromatic heterocycles. The van der Waals surface area contributed by atoms with Crippen molar-refractivity contribution < 1.29 is 14.3 Å². The van der Waals surface area contributed by atoms with E-state index in [1.54, 1.807) is 10.9 Å². The molecule has 3 heterocycles. The molecule has 2 aliphatic rings. The minimum atomic E-state index is -0.248. The molecule has 0 bridgehead atoms. The van der Waals surface area contributed by atoms with Gasteiger partial charge in [0.25, 0.3) is 5.91 Å². The molecule has 2 aliphatic heterocycles. The Morgan fingerprint density at radius 2 is 2.08 bits per heavy atom. The summed E-state index contributed by atoms with van der Waals surface area (Å²) in [6.45, 7) is 2.69. The minimum absolute atomic E-state index is 0.224. The molecule has 2 aromatic rings. The second-order valence-corrected chi connectivity index (χ2v) is 6.27. The summed E-state index contributed by atoms with van der Waals surface area (Å²) in [6, 6.07) is 7.82. The van der Waals surface area contributed by atoms with Gasteiger partial charge < -0.3 is 20.1 Å². The van der Waals surface area contributed by atoms with Crippen molar-refractivity contribution >= 4 is 5.91 Å². The van der Waals surface area contributed by atoms with E-state index in [0.29, 0.717) is 30.6 Å². The summed E-state index contributed by atoms with van der Waals surface area (Å²) in [5.41, 5.74) is 0.329. The number of nitrogens with zero attached hydrogens (tertiary/aromatic N) is 3. The SMILES string of the molecule is O=C(NCC1COc2ccccc2O1)c1cn(C2CCNCC2)nn1. The second kappa shape index (κ2) is 7.10. The lowest BCUT2D eigenvalue weighted by Crippen LogP contribution is -2.40. The zero-order chi connectivity index (χ0) is 17.1. The average Bonchev–Trinajstić information content (AvgIpc) is 3.17. The maximum absolute atomic E-state index is 12.3. The van der Waals surface area contributed by atoms with Crippen molar-refractivity contribution in [2.45, 2.75) is 25.0 Å². The highest BCUT2D eigenvalue weighted by Gasteiger charge is 2.23. The number of ether oxygens (including phenoxy) is 2. The number of amides is 1. The van der Waals surface area contributed by atoms with Crippen LogP contribution in [0.4, 0.5) is 0 Å². The summed E-state index contributed by atoms with van der Waals surface area (Å²) in [5, 5.41) is 14.3. The molecule has 8 heteroatoms. The van der Waals surface area contributed by atoms with E-state index in [1.165, 1.54) is 0 Å². The molecule has 1 saturated heterocycles. The van der Waals surface area contributed by atoms with Gasteiger partial charge in [0, 0.05) is 0 Å². The largest absolute Gasteiger partial charge is 0.486 e. The number of rotatable bonds is 4. The summed E-state index contributed by atoms with van der Waals surface area (Å²) in [4.78, 5) is 12.3. The predicted molar refractivity (Wildman–Crippen MR) is 89.8 cm³/mol. The third-order valence-corrected chi connectivity index (χ3v) is 4.48. The molecule has 0 radical (unpaired) electrons. The van der Waals surface area contributed by atoms with Crippen LogP contribution >= 0.6 is 0 Å². The zero-order valence-electron chi connectivity index (χ0n) is 13.9. The molecular formula is C17H21N5O3. The number of nitrogens with one attached hydrogen (secondary N) is 2. The Bertz CT molecular complexity index is 741. The molecule has 0 saturated carbocycles. The maximum Gasteiger partial charge on any atom is 0.273 e. The van der Waals surface area contributed by atoms with Gasteiger partial charge in [0.15, 0.2) is 17.2 Å². The van der Waals surface area contributed by atoms with Crippen LogP contribution < -0.4 is 20.1 Å². The Balaban J connectivity index is 1.31. The van der Waals surface area contributed by atoms with E-state index >= 15 is 0 Å². The highest BCUT2D eigenvalue weighted by molar-refractivity contribution is 5.91. The van der Waals surface area contributed by atoms with Crippen molar-refractivity contribution in [3.8, 4) is 11.5 Å². The summed E-state index contributed by atoms with van der Waals surface area (Å²) < 4.78 is 13.3. The first-order valence-electron chi connectivity index (χ1n) is 8.59. The highest BCUT2D eigenvalue weighted by Crippen LogP contribution is 2.30. The molecule has 1 atom stereocenters. The number of piperidine rings is 1. The molecule has 8 nitrogen and oxygen atoms in total. The van der Waals surface area contributed by atoms with Crippen LogP contribution in [0.5, 0.6) is 11.5 Å². The number of hydrogen-bond acceptors (Lipinski definition) is 6. The summed E-state index contributed by atoms with van der Waals surface area (Å²) in [7, 11) is 0. The zero-order valence-corrected chi connectivity index (χ0v) is 13.9. The molecule has 132 valence electrons. The van der Waals surface area contributed by atoms with Gasteiger partial charge in [-0.2, -0.15) is 0 Å². The van der Waals surface area contributed by atoms with Crippen LogP contribution in [0.3, 0.4) is 0 Å². The van der Waals surface area contributed by atoms with Crippen LogP contribution in [-0.4, -0.2) is 53.2 Å². The van der Waals surface area contributed by atoms with E-state index in [-0.39, 0.29) is 12.0 Å². The molecule has 2 N–H and O–H groups in total. The molecule has 25 heavy (non-hydrogen) atoms. The molecule has 4 rings (SSSR count).